The lowest BCUT2D eigenvalue weighted by Gasteiger charge is -2.04. The van der Waals surface area contributed by atoms with Gasteiger partial charge in [-0.2, -0.15) is 5.26 Å². The Kier molecular flexibility index (Phi) is 2.04. The Morgan fingerprint density at radius 3 is 3.00 bits per heavy atom. The molecule has 1 amide bonds. The van der Waals surface area contributed by atoms with Crippen LogP contribution in [0.5, 0.6) is 0 Å². The lowest BCUT2D eigenvalue weighted by molar-refractivity contribution is 0.0816. The van der Waals surface area contributed by atoms with Crippen molar-refractivity contribution in [1.29, 1.82) is 5.26 Å². The number of nitriles is 1. The van der Waals surface area contributed by atoms with Crippen LogP contribution in [0.15, 0.2) is 21.0 Å². The van der Waals surface area contributed by atoms with Gasteiger partial charge < -0.3 is 9.32 Å². The third kappa shape index (κ3) is 1.31. The van der Waals surface area contributed by atoms with E-state index in [-0.39, 0.29) is 11.7 Å². The summed E-state index contributed by atoms with van der Waals surface area (Å²) in [5, 5.41) is 9.64. The van der Waals surface area contributed by atoms with Gasteiger partial charge >= 0.3 is 0 Å². The molecular weight excluding hydrogens is 284 g/mol. The van der Waals surface area contributed by atoms with Gasteiger partial charge in [0.05, 0.1) is 0 Å². The number of hydrogen-bond acceptors (Lipinski definition) is 3. The molecule has 2 heterocycles. The lowest BCUT2D eigenvalue weighted by atomic mass is 10.1. The Balaban J connectivity index is 2.36. The Morgan fingerprint density at radius 2 is 2.29 bits per heavy atom. The van der Waals surface area contributed by atoms with Gasteiger partial charge in [-0.3, -0.25) is 4.79 Å². The molecule has 2 aromatic rings. The van der Waals surface area contributed by atoms with Gasteiger partial charge in [0.1, 0.15) is 11.7 Å². The van der Waals surface area contributed by atoms with Crippen LogP contribution in [0.3, 0.4) is 0 Å². The highest BCUT2D eigenvalue weighted by molar-refractivity contribution is 9.10. The van der Waals surface area contributed by atoms with Gasteiger partial charge in [0.15, 0.2) is 0 Å². The second-order valence-corrected chi connectivity index (χ2v) is 4.81. The molecule has 0 N–H and O–H groups in total. The average molecular weight is 291 g/mol. The van der Waals surface area contributed by atoms with E-state index in [4.69, 9.17) is 9.68 Å². The Bertz CT molecular complexity index is 697. The minimum absolute atomic E-state index is 0.0162. The summed E-state index contributed by atoms with van der Waals surface area (Å²) in [6.07, 6.45) is 0. The molecule has 0 bridgehead atoms. The van der Waals surface area contributed by atoms with Crippen LogP contribution in [0.1, 0.15) is 21.7 Å². The normalized spacial score (nSPS) is 14.2. The molecule has 1 aliphatic heterocycles. The maximum absolute atomic E-state index is 11.9. The van der Waals surface area contributed by atoms with Gasteiger partial charge in [0, 0.05) is 35.1 Å². The molecule has 3 rings (SSSR count). The predicted octanol–water partition coefficient (Wildman–Crippen LogP) is 2.65. The molecule has 0 saturated heterocycles. The third-order valence-electron chi connectivity index (χ3n) is 2.95. The summed E-state index contributed by atoms with van der Waals surface area (Å²) in [5.41, 5.74) is 2.16. The Morgan fingerprint density at radius 1 is 1.53 bits per heavy atom. The smallest absolute Gasteiger partial charge is 0.254 e. The molecule has 0 unspecified atom stereocenters. The van der Waals surface area contributed by atoms with Crippen LogP contribution >= 0.6 is 15.9 Å². The molecule has 0 radical (unpaired) electrons. The summed E-state index contributed by atoms with van der Waals surface area (Å²) in [4.78, 5) is 13.5. The second kappa shape index (κ2) is 3.34. The van der Waals surface area contributed by atoms with Gasteiger partial charge in [0.25, 0.3) is 5.91 Å². The largest absolute Gasteiger partial charge is 0.446 e. The van der Waals surface area contributed by atoms with E-state index in [1.54, 1.807) is 24.1 Å². The molecule has 84 valence electrons. The number of rotatable bonds is 0. The molecule has 1 aliphatic rings. The fourth-order valence-electron chi connectivity index (χ4n) is 2.10. The summed E-state index contributed by atoms with van der Waals surface area (Å²) in [6, 6.07) is 5.35. The zero-order valence-corrected chi connectivity index (χ0v) is 10.5. The van der Waals surface area contributed by atoms with Crippen molar-refractivity contribution < 1.29 is 9.21 Å². The molecule has 1 aromatic heterocycles. The molecule has 0 fully saturated rings. The van der Waals surface area contributed by atoms with Crippen LogP contribution in [-0.2, 0) is 6.54 Å². The van der Waals surface area contributed by atoms with Crippen molar-refractivity contribution in [3.05, 3.63) is 33.5 Å². The van der Waals surface area contributed by atoms with Gasteiger partial charge in [-0.1, -0.05) is 0 Å². The van der Waals surface area contributed by atoms with Crippen LogP contribution < -0.4 is 0 Å². The minimum Gasteiger partial charge on any atom is -0.446 e. The van der Waals surface area contributed by atoms with Crippen LogP contribution in [0.25, 0.3) is 11.0 Å². The Hall–Kier alpha value is -1.80. The van der Waals surface area contributed by atoms with E-state index in [1.165, 1.54) is 0 Å². The van der Waals surface area contributed by atoms with Crippen LogP contribution in [-0.4, -0.2) is 17.9 Å². The quantitative estimate of drug-likeness (QED) is 0.749. The molecule has 0 saturated carbocycles. The lowest BCUT2D eigenvalue weighted by Crippen LogP contribution is -2.17. The fraction of sp³-hybridized carbons (Fsp3) is 0.167. The summed E-state index contributed by atoms with van der Waals surface area (Å²) in [6.45, 7) is 0.581. The van der Waals surface area contributed by atoms with Crippen molar-refractivity contribution in [2.75, 3.05) is 7.05 Å². The maximum Gasteiger partial charge on any atom is 0.254 e. The first-order chi connectivity index (χ1) is 8.11. The standard InChI is InChI=1S/C12H7BrN2O2/c1-15-5-9-7(12(15)16)3-10-8(11(9)13)2-6(4-14)17-10/h2-3H,5H2,1H3. The van der Waals surface area contributed by atoms with Crippen molar-refractivity contribution in [3.63, 3.8) is 0 Å². The summed E-state index contributed by atoms with van der Waals surface area (Å²) < 4.78 is 6.19. The highest BCUT2D eigenvalue weighted by atomic mass is 79.9. The second-order valence-electron chi connectivity index (χ2n) is 4.01. The molecule has 4 nitrogen and oxygen atoms in total. The topological polar surface area (TPSA) is 57.2 Å². The van der Waals surface area contributed by atoms with E-state index >= 15 is 0 Å². The van der Waals surface area contributed by atoms with Crippen molar-refractivity contribution in [2.45, 2.75) is 6.54 Å². The van der Waals surface area contributed by atoms with E-state index in [9.17, 15) is 4.79 Å². The molecule has 0 atom stereocenters. The molecule has 0 aliphatic carbocycles. The van der Waals surface area contributed by atoms with E-state index < -0.39 is 0 Å². The number of hydrogen-bond donors (Lipinski definition) is 0. The summed E-state index contributed by atoms with van der Waals surface area (Å²) >= 11 is 3.48. The summed E-state index contributed by atoms with van der Waals surface area (Å²) in [7, 11) is 1.76. The SMILES string of the molecule is CN1Cc2c(cc3oc(C#N)cc3c2Br)C1=O. The first-order valence-corrected chi connectivity index (χ1v) is 5.81. The average Bonchev–Trinajstić information content (AvgIpc) is 2.85. The van der Waals surface area contributed by atoms with Crippen molar-refractivity contribution >= 4 is 32.8 Å². The zero-order chi connectivity index (χ0) is 12.2. The number of nitrogens with zero attached hydrogens (tertiary/aromatic N) is 2. The van der Waals surface area contributed by atoms with Gasteiger partial charge in [0.2, 0.25) is 5.76 Å². The number of carbonyl (C=O) groups excluding carboxylic acids is 1. The first-order valence-electron chi connectivity index (χ1n) is 5.02. The fourth-order valence-corrected chi connectivity index (χ4v) is 2.75. The minimum atomic E-state index is -0.0162. The number of amides is 1. The van der Waals surface area contributed by atoms with Crippen LogP contribution in [0.2, 0.25) is 0 Å². The summed E-state index contributed by atoms with van der Waals surface area (Å²) in [5.74, 6) is 0.239. The van der Waals surface area contributed by atoms with E-state index in [1.807, 2.05) is 6.07 Å². The first kappa shape index (κ1) is 10.4. The van der Waals surface area contributed by atoms with E-state index in [0.717, 1.165) is 15.4 Å². The highest BCUT2D eigenvalue weighted by Gasteiger charge is 2.28. The highest BCUT2D eigenvalue weighted by Crippen LogP contribution is 2.36. The number of benzene rings is 1. The van der Waals surface area contributed by atoms with Crippen molar-refractivity contribution in [3.8, 4) is 6.07 Å². The predicted molar refractivity (Wildman–Crippen MR) is 64.4 cm³/mol. The maximum atomic E-state index is 11.9. The molecular formula is C12H7BrN2O2. The Labute approximate surface area is 106 Å². The monoisotopic (exact) mass is 290 g/mol. The van der Waals surface area contributed by atoms with Crippen molar-refractivity contribution in [1.82, 2.24) is 4.90 Å². The number of halogens is 1. The number of fused-ring (bicyclic) bond motifs is 2. The number of carbonyl (C=O) groups is 1. The molecule has 5 heteroatoms. The van der Waals surface area contributed by atoms with Gasteiger partial charge in [-0.25, -0.2) is 0 Å². The van der Waals surface area contributed by atoms with E-state index in [0.29, 0.717) is 17.7 Å². The zero-order valence-electron chi connectivity index (χ0n) is 8.95. The van der Waals surface area contributed by atoms with Gasteiger partial charge in [-0.05, 0) is 27.6 Å². The number of furan rings is 1. The van der Waals surface area contributed by atoms with Crippen LogP contribution in [0.4, 0.5) is 0 Å². The molecule has 1 aromatic carbocycles. The molecule has 0 spiro atoms. The molecule has 17 heavy (non-hydrogen) atoms. The van der Waals surface area contributed by atoms with Gasteiger partial charge in [-0.15, -0.1) is 0 Å². The van der Waals surface area contributed by atoms with Crippen molar-refractivity contribution in [2.24, 2.45) is 0 Å². The van der Waals surface area contributed by atoms with E-state index in [2.05, 4.69) is 15.9 Å². The van der Waals surface area contributed by atoms with Crippen LogP contribution in [0, 0.1) is 11.3 Å². The third-order valence-corrected chi connectivity index (χ3v) is 3.85.